The summed E-state index contributed by atoms with van der Waals surface area (Å²) in [7, 11) is 0. The molecule has 27 heavy (non-hydrogen) atoms. The van der Waals surface area contributed by atoms with Crippen LogP contribution in [0.4, 0.5) is 5.69 Å². The quantitative estimate of drug-likeness (QED) is 0.498. The SMILES string of the molecule is O=C(O)C[C@@H](NC(=O)CCCc1ccccc1)c1cc([N+](=O)[O-])ccc1Cl. The number of hydrogen-bond donors (Lipinski definition) is 2. The number of non-ortho nitro benzene ring substituents is 1. The Hall–Kier alpha value is -2.93. The normalized spacial score (nSPS) is 11.6. The lowest BCUT2D eigenvalue weighted by molar-refractivity contribution is -0.384. The molecule has 0 aliphatic heterocycles. The van der Waals surface area contributed by atoms with Crippen molar-refractivity contribution >= 4 is 29.2 Å². The van der Waals surface area contributed by atoms with Gasteiger partial charge in [0, 0.05) is 29.1 Å². The number of nitrogens with zero attached hydrogens (tertiary/aromatic N) is 1. The van der Waals surface area contributed by atoms with Gasteiger partial charge in [0.2, 0.25) is 5.91 Å². The third kappa shape index (κ3) is 6.38. The van der Waals surface area contributed by atoms with E-state index in [1.807, 2.05) is 30.3 Å². The Morgan fingerprint density at radius 3 is 2.52 bits per heavy atom. The molecular formula is C19H19ClN2O5. The van der Waals surface area contributed by atoms with Crippen LogP contribution in [0.2, 0.25) is 5.02 Å². The van der Waals surface area contributed by atoms with Gasteiger partial charge in [0.25, 0.3) is 5.69 Å². The maximum Gasteiger partial charge on any atom is 0.305 e. The number of carbonyl (C=O) groups excluding carboxylic acids is 1. The van der Waals surface area contributed by atoms with Crippen molar-refractivity contribution in [3.05, 3.63) is 74.8 Å². The van der Waals surface area contributed by atoms with E-state index in [0.717, 1.165) is 12.0 Å². The standard InChI is InChI=1S/C19H19ClN2O5/c20-16-10-9-14(22(26)27)11-15(16)17(12-19(24)25)21-18(23)8-4-7-13-5-2-1-3-6-13/h1-3,5-6,9-11,17H,4,7-8,12H2,(H,21,23)(H,24,25)/t17-/m1/s1. The molecule has 0 unspecified atom stereocenters. The first-order chi connectivity index (χ1) is 12.9. The zero-order chi connectivity index (χ0) is 19.8. The molecule has 142 valence electrons. The zero-order valence-electron chi connectivity index (χ0n) is 14.4. The molecule has 2 aromatic rings. The summed E-state index contributed by atoms with van der Waals surface area (Å²) in [6.45, 7) is 0. The minimum absolute atomic E-state index is 0.163. The molecular weight excluding hydrogens is 372 g/mol. The first-order valence-electron chi connectivity index (χ1n) is 8.35. The number of carboxylic acids is 1. The van der Waals surface area contributed by atoms with Gasteiger partial charge in [-0.3, -0.25) is 19.7 Å². The molecule has 1 atom stereocenters. The third-order valence-corrected chi connectivity index (χ3v) is 4.34. The van der Waals surface area contributed by atoms with Crippen molar-refractivity contribution in [2.45, 2.75) is 31.7 Å². The number of amides is 1. The molecule has 7 nitrogen and oxygen atoms in total. The number of nitro groups is 1. The summed E-state index contributed by atoms with van der Waals surface area (Å²) < 4.78 is 0. The van der Waals surface area contributed by atoms with Crippen molar-refractivity contribution in [2.75, 3.05) is 0 Å². The molecule has 8 heteroatoms. The number of aliphatic carboxylic acids is 1. The lowest BCUT2D eigenvalue weighted by atomic mass is 10.0. The molecule has 0 heterocycles. The van der Waals surface area contributed by atoms with Crippen molar-refractivity contribution in [3.8, 4) is 0 Å². The molecule has 2 N–H and O–H groups in total. The molecule has 0 aromatic heterocycles. The van der Waals surface area contributed by atoms with Crippen LogP contribution in [0.5, 0.6) is 0 Å². The summed E-state index contributed by atoms with van der Waals surface area (Å²) >= 11 is 6.08. The number of nitrogens with one attached hydrogen (secondary N) is 1. The molecule has 0 radical (unpaired) electrons. The van der Waals surface area contributed by atoms with Crippen LogP contribution in [-0.2, 0) is 16.0 Å². The highest BCUT2D eigenvalue weighted by Gasteiger charge is 2.22. The van der Waals surface area contributed by atoms with Crippen molar-refractivity contribution < 1.29 is 19.6 Å². The van der Waals surface area contributed by atoms with E-state index in [2.05, 4.69) is 5.32 Å². The second kappa shape index (κ2) is 9.68. The van der Waals surface area contributed by atoms with Crippen molar-refractivity contribution in [2.24, 2.45) is 0 Å². The van der Waals surface area contributed by atoms with Gasteiger partial charge in [-0.1, -0.05) is 41.9 Å². The summed E-state index contributed by atoms with van der Waals surface area (Å²) in [6.07, 6.45) is 1.09. The van der Waals surface area contributed by atoms with Gasteiger partial charge in [-0.05, 0) is 24.5 Å². The van der Waals surface area contributed by atoms with Crippen LogP contribution in [0.1, 0.15) is 36.4 Å². The van der Waals surface area contributed by atoms with Gasteiger partial charge in [0.15, 0.2) is 0 Å². The van der Waals surface area contributed by atoms with Gasteiger partial charge in [-0.15, -0.1) is 0 Å². The number of nitro benzene ring substituents is 1. The van der Waals surface area contributed by atoms with E-state index in [0.29, 0.717) is 6.42 Å². The zero-order valence-corrected chi connectivity index (χ0v) is 15.2. The number of carbonyl (C=O) groups is 2. The number of benzene rings is 2. The first-order valence-corrected chi connectivity index (χ1v) is 8.73. The summed E-state index contributed by atoms with van der Waals surface area (Å²) in [5.41, 5.74) is 1.10. The average Bonchev–Trinajstić information content (AvgIpc) is 2.62. The Kier molecular flexibility index (Phi) is 7.31. The molecule has 2 aromatic carbocycles. The number of rotatable bonds is 9. The molecule has 0 spiro atoms. The van der Waals surface area contributed by atoms with Gasteiger partial charge in [0.1, 0.15) is 0 Å². The minimum Gasteiger partial charge on any atom is -0.481 e. The monoisotopic (exact) mass is 390 g/mol. The largest absolute Gasteiger partial charge is 0.481 e. The van der Waals surface area contributed by atoms with Gasteiger partial charge in [0.05, 0.1) is 17.4 Å². The average molecular weight is 391 g/mol. The van der Waals surface area contributed by atoms with Crippen LogP contribution in [-0.4, -0.2) is 21.9 Å². The Balaban J connectivity index is 2.05. The topological polar surface area (TPSA) is 110 Å². The van der Waals surface area contributed by atoms with Crippen molar-refractivity contribution in [3.63, 3.8) is 0 Å². The van der Waals surface area contributed by atoms with Crippen LogP contribution >= 0.6 is 11.6 Å². The fourth-order valence-corrected chi connectivity index (χ4v) is 2.94. The number of halogens is 1. The van der Waals surface area contributed by atoms with Crippen molar-refractivity contribution in [1.82, 2.24) is 5.32 Å². The van der Waals surface area contributed by atoms with Crippen LogP contribution in [0.25, 0.3) is 0 Å². The summed E-state index contributed by atoms with van der Waals surface area (Å²) in [4.78, 5) is 33.8. The van der Waals surface area contributed by atoms with Gasteiger partial charge >= 0.3 is 5.97 Å². The Morgan fingerprint density at radius 2 is 1.89 bits per heavy atom. The predicted octanol–water partition coefficient (Wildman–Crippen LogP) is 3.90. The van der Waals surface area contributed by atoms with Crippen LogP contribution < -0.4 is 5.32 Å². The van der Waals surface area contributed by atoms with Gasteiger partial charge < -0.3 is 10.4 Å². The maximum atomic E-state index is 12.2. The molecule has 0 saturated carbocycles. The van der Waals surface area contributed by atoms with Crippen LogP contribution in [0, 0.1) is 10.1 Å². The Labute approximate surface area is 161 Å². The number of hydrogen-bond acceptors (Lipinski definition) is 4. The molecule has 0 bridgehead atoms. The fourth-order valence-electron chi connectivity index (χ4n) is 2.69. The highest BCUT2D eigenvalue weighted by molar-refractivity contribution is 6.31. The molecule has 2 rings (SSSR count). The molecule has 0 aliphatic carbocycles. The lowest BCUT2D eigenvalue weighted by Crippen LogP contribution is -2.30. The van der Waals surface area contributed by atoms with E-state index in [4.69, 9.17) is 16.7 Å². The van der Waals surface area contributed by atoms with E-state index >= 15 is 0 Å². The van der Waals surface area contributed by atoms with Gasteiger partial charge in [-0.25, -0.2) is 0 Å². The van der Waals surface area contributed by atoms with E-state index in [9.17, 15) is 19.7 Å². The number of aryl methyl sites for hydroxylation is 1. The highest BCUT2D eigenvalue weighted by atomic mass is 35.5. The molecule has 1 amide bonds. The summed E-state index contributed by atoms with van der Waals surface area (Å²) in [5.74, 6) is -1.48. The fraction of sp³-hybridized carbons (Fsp3) is 0.263. The highest BCUT2D eigenvalue weighted by Crippen LogP contribution is 2.29. The Morgan fingerprint density at radius 1 is 1.19 bits per heavy atom. The van der Waals surface area contributed by atoms with Crippen molar-refractivity contribution in [1.29, 1.82) is 0 Å². The molecule has 0 fully saturated rings. The van der Waals surface area contributed by atoms with Crippen LogP contribution in [0.3, 0.4) is 0 Å². The summed E-state index contributed by atoms with van der Waals surface area (Å²) in [5, 5.41) is 22.9. The minimum atomic E-state index is -1.15. The second-order valence-corrected chi connectivity index (χ2v) is 6.43. The van der Waals surface area contributed by atoms with E-state index < -0.39 is 23.4 Å². The Bertz CT molecular complexity index is 826. The van der Waals surface area contributed by atoms with Crippen LogP contribution in [0.15, 0.2) is 48.5 Å². The third-order valence-electron chi connectivity index (χ3n) is 3.99. The van der Waals surface area contributed by atoms with E-state index in [1.165, 1.54) is 18.2 Å². The van der Waals surface area contributed by atoms with Gasteiger partial charge in [-0.2, -0.15) is 0 Å². The predicted molar refractivity (Wildman–Crippen MR) is 101 cm³/mol. The molecule has 0 saturated heterocycles. The van der Waals surface area contributed by atoms with E-state index in [1.54, 1.807) is 0 Å². The van der Waals surface area contributed by atoms with E-state index in [-0.39, 0.29) is 28.6 Å². The lowest BCUT2D eigenvalue weighted by Gasteiger charge is -2.18. The smallest absolute Gasteiger partial charge is 0.305 e. The maximum absolute atomic E-state index is 12.2. The first kappa shape index (κ1) is 20.4. The number of carboxylic acid groups (broad SMARTS) is 1. The molecule has 0 aliphatic rings. The second-order valence-electron chi connectivity index (χ2n) is 6.02. The summed E-state index contributed by atoms with van der Waals surface area (Å²) in [6, 6.07) is 12.5.